The van der Waals surface area contributed by atoms with E-state index in [-0.39, 0.29) is 29.9 Å². The van der Waals surface area contributed by atoms with E-state index in [1.165, 1.54) is 22.5 Å². The average Bonchev–Trinajstić information content (AvgIpc) is 3.33. The number of carbonyl (C=O) groups is 1. The Hall–Kier alpha value is -3.15. The van der Waals surface area contributed by atoms with Crippen LogP contribution in [0.15, 0.2) is 65.7 Å². The fourth-order valence-electron chi connectivity index (χ4n) is 5.35. The van der Waals surface area contributed by atoms with Gasteiger partial charge in [0, 0.05) is 25.6 Å². The Balaban J connectivity index is 1.52. The molecule has 11 heteroatoms. The van der Waals surface area contributed by atoms with Crippen molar-refractivity contribution in [2.24, 2.45) is 5.92 Å². The van der Waals surface area contributed by atoms with Gasteiger partial charge >= 0.3 is 0 Å². The first-order valence-corrected chi connectivity index (χ1v) is 13.4. The topological polar surface area (TPSA) is 97.6 Å². The quantitative estimate of drug-likeness (QED) is 0.482. The third-order valence-corrected chi connectivity index (χ3v) is 8.86. The lowest BCUT2D eigenvalue weighted by atomic mass is 9.91. The normalized spacial score (nSPS) is 23.0. The van der Waals surface area contributed by atoms with Crippen LogP contribution in [0.5, 0.6) is 0 Å². The van der Waals surface area contributed by atoms with Crippen LogP contribution in [0.2, 0.25) is 0 Å². The number of hydrogen-bond acceptors (Lipinski definition) is 6. The van der Waals surface area contributed by atoms with Crippen LogP contribution in [0, 0.1) is 11.7 Å². The maximum atomic E-state index is 14.0. The van der Waals surface area contributed by atoms with E-state index < -0.39 is 27.9 Å². The number of para-hydroxylation sites is 1. The fourth-order valence-corrected chi connectivity index (χ4v) is 7.27. The minimum atomic E-state index is -4.13. The number of nitrogens with zero attached hydrogens (tertiary/aromatic N) is 5. The summed E-state index contributed by atoms with van der Waals surface area (Å²) in [5.74, 6) is -1.17. The standard InChI is InChI=1S/C25H28FN5O4S/c1-35-17-18-15-29(16-21-14-27-28-30(21)20-8-3-2-4-9-20)25(32)24-12-6-11-23(18)31(24)36(33,34)22-10-5-7-19(26)13-22/h2-5,7-10,13-14,18,23-24H,6,11-12,15-17H2,1H3/t18-,23?,24?/m1/s1. The van der Waals surface area contributed by atoms with Crippen molar-refractivity contribution < 1.29 is 22.3 Å². The third kappa shape index (κ3) is 4.54. The summed E-state index contributed by atoms with van der Waals surface area (Å²) in [4.78, 5) is 15.4. The van der Waals surface area contributed by atoms with Gasteiger partial charge in [-0.15, -0.1) is 5.10 Å². The molecule has 1 amide bonds. The SMILES string of the molecule is COC[C@H]1CN(Cc2cnnn2-c2ccccc2)C(=O)C2CCCC1N2S(=O)(=O)c1cccc(F)c1. The molecule has 1 aromatic heterocycles. The molecule has 5 rings (SSSR count). The number of halogens is 1. The van der Waals surface area contributed by atoms with E-state index in [2.05, 4.69) is 10.3 Å². The number of carbonyl (C=O) groups excluding carboxylic acids is 1. The molecule has 3 atom stereocenters. The summed E-state index contributed by atoms with van der Waals surface area (Å²) >= 11 is 0. The first kappa shape index (κ1) is 24.5. The van der Waals surface area contributed by atoms with E-state index in [9.17, 15) is 17.6 Å². The molecule has 2 aromatic carbocycles. The van der Waals surface area contributed by atoms with E-state index in [0.717, 1.165) is 11.8 Å². The highest BCUT2D eigenvalue weighted by atomic mass is 32.2. The molecular formula is C25H28FN5O4S. The van der Waals surface area contributed by atoms with Gasteiger partial charge < -0.3 is 9.64 Å². The number of ether oxygens (including phenoxy) is 1. The predicted octanol–water partition coefficient (Wildman–Crippen LogP) is 2.62. The van der Waals surface area contributed by atoms with E-state index in [1.807, 2.05) is 30.3 Å². The maximum Gasteiger partial charge on any atom is 0.244 e. The van der Waals surface area contributed by atoms with Gasteiger partial charge in [-0.25, -0.2) is 17.5 Å². The lowest BCUT2D eigenvalue weighted by molar-refractivity contribution is -0.135. The summed E-state index contributed by atoms with van der Waals surface area (Å²) in [6.45, 7) is 0.827. The molecule has 3 heterocycles. The zero-order valence-corrected chi connectivity index (χ0v) is 20.7. The second-order valence-corrected chi connectivity index (χ2v) is 11.1. The molecule has 190 valence electrons. The third-order valence-electron chi connectivity index (χ3n) is 6.93. The number of methoxy groups -OCH3 is 1. The van der Waals surface area contributed by atoms with Crippen LogP contribution in [-0.4, -0.2) is 70.9 Å². The number of piperidine rings is 1. The van der Waals surface area contributed by atoms with Gasteiger partial charge in [-0.05, 0) is 49.6 Å². The monoisotopic (exact) mass is 513 g/mol. The van der Waals surface area contributed by atoms with Crippen molar-refractivity contribution in [3.05, 3.63) is 72.3 Å². The highest BCUT2D eigenvalue weighted by molar-refractivity contribution is 7.89. The largest absolute Gasteiger partial charge is 0.384 e. The van der Waals surface area contributed by atoms with Crippen molar-refractivity contribution in [2.45, 2.75) is 42.8 Å². The Morgan fingerprint density at radius 2 is 1.92 bits per heavy atom. The smallest absolute Gasteiger partial charge is 0.244 e. The average molecular weight is 514 g/mol. The molecule has 2 aliphatic heterocycles. The Morgan fingerprint density at radius 1 is 1.11 bits per heavy atom. The molecule has 0 aliphatic carbocycles. The Kier molecular flexibility index (Phi) is 6.87. The fraction of sp³-hybridized carbons (Fsp3) is 0.400. The first-order valence-electron chi connectivity index (χ1n) is 11.9. The van der Waals surface area contributed by atoms with Gasteiger partial charge in [-0.3, -0.25) is 4.79 Å². The molecule has 0 radical (unpaired) electrons. The van der Waals surface area contributed by atoms with Gasteiger partial charge in [-0.1, -0.05) is 29.5 Å². The molecule has 0 saturated carbocycles. The van der Waals surface area contributed by atoms with Crippen LogP contribution in [0.4, 0.5) is 4.39 Å². The molecule has 9 nitrogen and oxygen atoms in total. The molecule has 0 spiro atoms. The van der Waals surface area contributed by atoms with Crippen LogP contribution in [0.1, 0.15) is 25.0 Å². The van der Waals surface area contributed by atoms with Crippen molar-refractivity contribution in [1.29, 1.82) is 0 Å². The Morgan fingerprint density at radius 3 is 2.67 bits per heavy atom. The molecule has 0 N–H and O–H groups in total. The molecular weight excluding hydrogens is 485 g/mol. The Bertz CT molecular complexity index is 1330. The molecule has 36 heavy (non-hydrogen) atoms. The van der Waals surface area contributed by atoms with Gasteiger partial charge in [-0.2, -0.15) is 4.31 Å². The molecule has 2 bridgehead atoms. The van der Waals surface area contributed by atoms with Crippen LogP contribution < -0.4 is 0 Å². The minimum absolute atomic E-state index is 0.150. The maximum absolute atomic E-state index is 14.0. The number of benzene rings is 2. The van der Waals surface area contributed by atoms with Crippen LogP contribution in [0.3, 0.4) is 0 Å². The number of rotatable bonds is 7. The highest BCUT2D eigenvalue weighted by Gasteiger charge is 2.50. The number of sulfonamides is 1. The van der Waals surface area contributed by atoms with E-state index in [1.54, 1.807) is 22.9 Å². The molecule has 2 unspecified atom stereocenters. The van der Waals surface area contributed by atoms with Crippen molar-refractivity contribution in [1.82, 2.24) is 24.2 Å². The summed E-state index contributed by atoms with van der Waals surface area (Å²) in [5.41, 5.74) is 1.52. The predicted molar refractivity (Wildman–Crippen MR) is 129 cm³/mol. The molecule has 3 aromatic rings. The van der Waals surface area contributed by atoms with Crippen molar-refractivity contribution in [2.75, 3.05) is 20.3 Å². The summed E-state index contributed by atoms with van der Waals surface area (Å²) in [6.07, 6.45) is 3.33. The van der Waals surface area contributed by atoms with Crippen LogP contribution in [0.25, 0.3) is 5.69 Å². The van der Waals surface area contributed by atoms with Crippen LogP contribution >= 0.6 is 0 Å². The summed E-state index contributed by atoms with van der Waals surface area (Å²) in [7, 11) is -2.56. The minimum Gasteiger partial charge on any atom is -0.384 e. The van der Waals surface area contributed by atoms with E-state index in [0.29, 0.717) is 31.5 Å². The highest BCUT2D eigenvalue weighted by Crippen LogP contribution is 2.37. The van der Waals surface area contributed by atoms with E-state index in [4.69, 9.17) is 4.74 Å². The van der Waals surface area contributed by atoms with E-state index >= 15 is 0 Å². The van der Waals surface area contributed by atoms with Gasteiger partial charge in [0.05, 0.1) is 35.6 Å². The number of amides is 1. The number of aromatic nitrogens is 3. The molecule has 2 aliphatic rings. The summed E-state index contributed by atoms with van der Waals surface area (Å²) < 4.78 is 50.0. The number of hydrogen-bond donors (Lipinski definition) is 0. The zero-order chi connectivity index (χ0) is 25.3. The number of fused-ring (bicyclic) bond motifs is 2. The van der Waals surface area contributed by atoms with Crippen molar-refractivity contribution >= 4 is 15.9 Å². The van der Waals surface area contributed by atoms with Crippen LogP contribution in [-0.2, 0) is 26.1 Å². The summed E-state index contributed by atoms with van der Waals surface area (Å²) in [5, 5.41) is 8.23. The first-order chi connectivity index (χ1) is 17.4. The molecule has 2 fully saturated rings. The lowest BCUT2D eigenvalue weighted by Crippen LogP contribution is -2.55. The van der Waals surface area contributed by atoms with Gasteiger partial charge in [0.1, 0.15) is 11.9 Å². The van der Waals surface area contributed by atoms with Gasteiger partial charge in [0.2, 0.25) is 15.9 Å². The van der Waals surface area contributed by atoms with Crippen molar-refractivity contribution in [3.8, 4) is 5.69 Å². The zero-order valence-electron chi connectivity index (χ0n) is 19.9. The molecule has 2 saturated heterocycles. The second kappa shape index (κ2) is 10.1. The lowest BCUT2D eigenvalue weighted by Gasteiger charge is -2.40. The van der Waals surface area contributed by atoms with Gasteiger partial charge in [0.25, 0.3) is 0 Å². The Labute approximate surface area is 209 Å². The van der Waals surface area contributed by atoms with Gasteiger partial charge in [0.15, 0.2) is 0 Å². The van der Waals surface area contributed by atoms with Crippen molar-refractivity contribution in [3.63, 3.8) is 0 Å². The summed E-state index contributed by atoms with van der Waals surface area (Å²) in [6, 6.07) is 13.1. The second-order valence-electron chi connectivity index (χ2n) is 9.21.